The summed E-state index contributed by atoms with van der Waals surface area (Å²) in [5, 5.41) is 7.08. The number of carbonyl (C=O) groups is 2. The normalized spacial score (nSPS) is 17.1. The predicted octanol–water partition coefficient (Wildman–Crippen LogP) is 2.89. The van der Waals surface area contributed by atoms with Crippen LogP contribution in [0.1, 0.15) is 22.3 Å². The molecule has 0 spiro atoms. The SMILES string of the molecule is NC(=O)[C@H](Cc1ccccc1)NC(=O)C1Cc2ccccc2CN1Cc1ccsc1. The van der Waals surface area contributed by atoms with Crippen LogP contribution in [0.5, 0.6) is 0 Å². The molecule has 4 rings (SSSR count). The smallest absolute Gasteiger partial charge is 0.240 e. The average Bonchev–Trinajstić information content (AvgIpc) is 3.26. The number of rotatable bonds is 7. The highest BCUT2D eigenvalue weighted by atomic mass is 32.1. The lowest BCUT2D eigenvalue weighted by Gasteiger charge is -2.36. The van der Waals surface area contributed by atoms with E-state index in [2.05, 4.69) is 33.8 Å². The van der Waals surface area contributed by atoms with E-state index in [9.17, 15) is 9.59 Å². The van der Waals surface area contributed by atoms with Crippen LogP contribution in [0.3, 0.4) is 0 Å². The van der Waals surface area contributed by atoms with E-state index in [0.29, 0.717) is 25.9 Å². The first kappa shape index (κ1) is 20.3. The van der Waals surface area contributed by atoms with E-state index >= 15 is 0 Å². The van der Waals surface area contributed by atoms with E-state index in [1.165, 1.54) is 16.7 Å². The van der Waals surface area contributed by atoms with E-state index in [-0.39, 0.29) is 11.9 Å². The fourth-order valence-electron chi connectivity index (χ4n) is 3.96. The summed E-state index contributed by atoms with van der Waals surface area (Å²) in [6.45, 7) is 1.39. The van der Waals surface area contributed by atoms with Crippen LogP contribution >= 0.6 is 11.3 Å². The lowest BCUT2D eigenvalue weighted by Crippen LogP contribution is -2.55. The average molecular weight is 420 g/mol. The molecule has 0 saturated heterocycles. The molecule has 2 heterocycles. The number of primary amides is 1. The Morgan fingerprint density at radius 2 is 1.77 bits per heavy atom. The van der Waals surface area contributed by atoms with Crippen molar-refractivity contribution >= 4 is 23.2 Å². The van der Waals surface area contributed by atoms with Crippen LogP contribution in [0, 0.1) is 0 Å². The van der Waals surface area contributed by atoms with E-state index in [0.717, 1.165) is 5.56 Å². The number of thiophene rings is 1. The minimum absolute atomic E-state index is 0.153. The second kappa shape index (κ2) is 9.24. The molecule has 2 atom stereocenters. The molecule has 6 heteroatoms. The molecule has 1 aromatic heterocycles. The van der Waals surface area contributed by atoms with Crippen molar-refractivity contribution in [3.63, 3.8) is 0 Å². The van der Waals surface area contributed by atoms with Crippen molar-refractivity contribution < 1.29 is 9.59 Å². The summed E-state index contributed by atoms with van der Waals surface area (Å²) in [5.74, 6) is -0.674. The molecular formula is C24H25N3O2S. The molecule has 5 nitrogen and oxygen atoms in total. The second-order valence-electron chi connectivity index (χ2n) is 7.68. The van der Waals surface area contributed by atoms with Gasteiger partial charge in [0.15, 0.2) is 0 Å². The minimum atomic E-state index is -0.736. The van der Waals surface area contributed by atoms with Gasteiger partial charge in [0, 0.05) is 19.5 Å². The molecule has 3 aromatic rings. The molecule has 1 aliphatic heterocycles. The molecule has 1 unspecified atom stereocenters. The minimum Gasteiger partial charge on any atom is -0.368 e. The quantitative estimate of drug-likeness (QED) is 0.618. The van der Waals surface area contributed by atoms with E-state index in [4.69, 9.17) is 5.73 Å². The van der Waals surface area contributed by atoms with Crippen molar-refractivity contribution in [1.82, 2.24) is 10.2 Å². The summed E-state index contributed by atoms with van der Waals surface area (Å²) >= 11 is 1.65. The maximum atomic E-state index is 13.3. The third-order valence-corrected chi connectivity index (χ3v) is 6.29. The lowest BCUT2D eigenvalue weighted by molar-refractivity contribution is -0.131. The first-order valence-corrected chi connectivity index (χ1v) is 11.0. The number of nitrogens with zero attached hydrogens (tertiary/aromatic N) is 1. The van der Waals surface area contributed by atoms with Crippen LogP contribution in [-0.2, 0) is 35.5 Å². The van der Waals surface area contributed by atoms with Crippen LogP contribution < -0.4 is 11.1 Å². The van der Waals surface area contributed by atoms with Gasteiger partial charge in [-0.05, 0) is 45.5 Å². The molecule has 0 saturated carbocycles. The van der Waals surface area contributed by atoms with Crippen LogP contribution in [0.15, 0.2) is 71.4 Å². The van der Waals surface area contributed by atoms with Gasteiger partial charge in [0.05, 0.1) is 6.04 Å². The monoisotopic (exact) mass is 419 g/mol. The van der Waals surface area contributed by atoms with Gasteiger partial charge in [0.1, 0.15) is 6.04 Å². The highest BCUT2D eigenvalue weighted by Crippen LogP contribution is 2.26. The number of nitrogens with two attached hydrogens (primary N) is 1. The highest BCUT2D eigenvalue weighted by molar-refractivity contribution is 7.07. The maximum absolute atomic E-state index is 13.3. The Morgan fingerprint density at radius 1 is 1.03 bits per heavy atom. The third kappa shape index (κ3) is 4.78. The largest absolute Gasteiger partial charge is 0.368 e. The maximum Gasteiger partial charge on any atom is 0.240 e. The fraction of sp³-hybridized carbons (Fsp3) is 0.250. The number of carbonyl (C=O) groups excluding carboxylic acids is 2. The highest BCUT2D eigenvalue weighted by Gasteiger charge is 2.33. The zero-order valence-electron chi connectivity index (χ0n) is 16.7. The zero-order chi connectivity index (χ0) is 20.9. The number of hydrogen-bond acceptors (Lipinski definition) is 4. The van der Waals surface area contributed by atoms with Gasteiger partial charge >= 0.3 is 0 Å². The van der Waals surface area contributed by atoms with Crippen molar-refractivity contribution in [2.24, 2.45) is 5.73 Å². The van der Waals surface area contributed by atoms with Gasteiger partial charge < -0.3 is 11.1 Å². The molecule has 154 valence electrons. The first-order chi connectivity index (χ1) is 14.6. The van der Waals surface area contributed by atoms with Crippen molar-refractivity contribution in [2.45, 2.75) is 38.0 Å². The zero-order valence-corrected chi connectivity index (χ0v) is 17.5. The number of fused-ring (bicyclic) bond motifs is 1. The molecule has 30 heavy (non-hydrogen) atoms. The Morgan fingerprint density at radius 3 is 2.47 bits per heavy atom. The predicted molar refractivity (Wildman–Crippen MR) is 119 cm³/mol. The molecule has 1 aliphatic rings. The Labute approximate surface area is 180 Å². The van der Waals surface area contributed by atoms with Gasteiger partial charge in [0.2, 0.25) is 11.8 Å². The van der Waals surface area contributed by atoms with Crippen LogP contribution in [0.4, 0.5) is 0 Å². The van der Waals surface area contributed by atoms with E-state index < -0.39 is 11.9 Å². The molecular weight excluding hydrogens is 394 g/mol. The second-order valence-corrected chi connectivity index (χ2v) is 8.46. The summed E-state index contributed by atoms with van der Waals surface area (Å²) in [7, 11) is 0. The van der Waals surface area contributed by atoms with Crippen molar-refractivity contribution in [3.8, 4) is 0 Å². The number of amides is 2. The third-order valence-electron chi connectivity index (χ3n) is 5.56. The van der Waals surface area contributed by atoms with Gasteiger partial charge in [-0.25, -0.2) is 0 Å². The van der Waals surface area contributed by atoms with Gasteiger partial charge in [-0.1, -0.05) is 54.6 Å². The summed E-state index contributed by atoms with van der Waals surface area (Å²) in [6.07, 6.45) is 0.999. The molecule has 0 fully saturated rings. The topological polar surface area (TPSA) is 75.4 Å². The Kier molecular flexibility index (Phi) is 6.26. The number of benzene rings is 2. The summed E-state index contributed by atoms with van der Waals surface area (Å²) in [5.41, 5.74) is 10.2. The van der Waals surface area contributed by atoms with E-state index in [1.807, 2.05) is 47.8 Å². The van der Waals surface area contributed by atoms with E-state index in [1.54, 1.807) is 11.3 Å². The number of hydrogen-bond donors (Lipinski definition) is 2. The van der Waals surface area contributed by atoms with Gasteiger partial charge in [-0.2, -0.15) is 11.3 Å². The summed E-state index contributed by atoms with van der Waals surface area (Å²) in [4.78, 5) is 27.5. The van der Waals surface area contributed by atoms with Gasteiger partial charge in [0.25, 0.3) is 0 Å². The van der Waals surface area contributed by atoms with Gasteiger partial charge in [-0.15, -0.1) is 0 Å². The summed E-state index contributed by atoms with van der Waals surface area (Å²) < 4.78 is 0. The van der Waals surface area contributed by atoms with Gasteiger partial charge in [-0.3, -0.25) is 14.5 Å². The fourth-order valence-corrected chi connectivity index (χ4v) is 4.62. The molecule has 2 amide bonds. The molecule has 2 aromatic carbocycles. The van der Waals surface area contributed by atoms with Crippen LogP contribution in [0.2, 0.25) is 0 Å². The molecule has 0 aliphatic carbocycles. The van der Waals surface area contributed by atoms with Crippen LogP contribution in [0.25, 0.3) is 0 Å². The van der Waals surface area contributed by atoms with Crippen molar-refractivity contribution in [2.75, 3.05) is 0 Å². The molecule has 0 radical (unpaired) electrons. The molecule has 0 bridgehead atoms. The number of nitrogens with one attached hydrogen (secondary N) is 1. The Balaban J connectivity index is 1.53. The van der Waals surface area contributed by atoms with Crippen LogP contribution in [-0.4, -0.2) is 28.8 Å². The Bertz CT molecular complexity index is 1000. The van der Waals surface area contributed by atoms with Crippen molar-refractivity contribution in [3.05, 3.63) is 93.7 Å². The standard InChI is InChI=1S/C24H25N3O2S/c25-23(28)21(12-17-6-2-1-3-7-17)26-24(29)22-13-19-8-4-5-9-20(19)15-27(22)14-18-10-11-30-16-18/h1-11,16,21-22H,12-15H2,(H2,25,28)(H,26,29)/t21-,22?/m0/s1. The molecule has 3 N–H and O–H groups in total. The Hall–Kier alpha value is -2.96. The lowest BCUT2D eigenvalue weighted by atomic mass is 9.92. The van der Waals surface area contributed by atoms with Crippen molar-refractivity contribution in [1.29, 1.82) is 0 Å². The first-order valence-electron chi connectivity index (χ1n) is 10.1. The summed E-state index contributed by atoms with van der Waals surface area (Å²) in [6, 6.07) is 18.8.